The second kappa shape index (κ2) is 8.74. The molecular formula is C19H30N4O2. The number of hydrogen-bond donors (Lipinski definition) is 1. The van der Waals surface area contributed by atoms with Crippen LogP contribution >= 0.6 is 0 Å². The molecule has 1 atom stereocenters. The molecule has 1 aliphatic heterocycles. The maximum Gasteiger partial charge on any atom is 0.236 e. The van der Waals surface area contributed by atoms with Crippen LogP contribution in [-0.2, 0) is 11.3 Å². The number of aromatic nitrogens is 1. The highest BCUT2D eigenvalue weighted by Crippen LogP contribution is 2.31. The average molecular weight is 346 g/mol. The number of amides is 1. The van der Waals surface area contributed by atoms with Gasteiger partial charge in [-0.15, -0.1) is 0 Å². The lowest BCUT2D eigenvalue weighted by molar-refractivity contribution is -0.135. The van der Waals surface area contributed by atoms with Gasteiger partial charge in [-0.2, -0.15) is 0 Å². The van der Waals surface area contributed by atoms with Gasteiger partial charge in [0.2, 0.25) is 5.91 Å². The quantitative estimate of drug-likeness (QED) is 0.755. The zero-order chi connectivity index (χ0) is 17.6. The topological polar surface area (TPSA) is 59.9 Å². The Hall–Kier alpha value is -1.50. The molecule has 6 nitrogen and oxygen atoms in total. The van der Waals surface area contributed by atoms with E-state index in [2.05, 4.69) is 14.8 Å². The Morgan fingerprint density at radius 2 is 2.08 bits per heavy atom. The zero-order valence-electron chi connectivity index (χ0n) is 15.2. The van der Waals surface area contributed by atoms with Gasteiger partial charge in [0.15, 0.2) is 0 Å². The minimum Gasteiger partial charge on any atom is -0.396 e. The summed E-state index contributed by atoms with van der Waals surface area (Å²) in [5.41, 5.74) is 1.16. The fourth-order valence-electron chi connectivity index (χ4n) is 3.60. The van der Waals surface area contributed by atoms with Crippen LogP contribution in [0, 0.1) is 5.92 Å². The van der Waals surface area contributed by atoms with Crippen LogP contribution in [0.15, 0.2) is 24.5 Å². The van der Waals surface area contributed by atoms with E-state index in [1.807, 2.05) is 24.1 Å². The molecule has 1 N–H and O–H groups in total. The van der Waals surface area contributed by atoms with E-state index in [9.17, 15) is 9.90 Å². The predicted molar refractivity (Wildman–Crippen MR) is 96.9 cm³/mol. The first-order valence-electron chi connectivity index (χ1n) is 9.36. The van der Waals surface area contributed by atoms with Gasteiger partial charge in [0.1, 0.15) is 0 Å². The van der Waals surface area contributed by atoms with E-state index in [-0.39, 0.29) is 12.5 Å². The van der Waals surface area contributed by atoms with Gasteiger partial charge in [-0.1, -0.05) is 0 Å². The van der Waals surface area contributed by atoms with Crippen molar-refractivity contribution in [2.45, 2.75) is 31.8 Å². The molecule has 1 aromatic heterocycles. The lowest BCUT2D eigenvalue weighted by Crippen LogP contribution is -2.56. The number of aliphatic hydroxyl groups is 1. The van der Waals surface area contributed by atoms with Crippen molar-refractivity contribution >= 4 is 5.91 Å². The first-order valence-corrected chi connectivity index (χ1v) is 9.36. The number of carbonyl (C=O) groups excluding carboxylic acids is 1. The molecule has 6 heteroatoms. The van der Waals surface area contributed by atoms with E-state index in [1.54, 1.807) is 12.4 Å². The third-order valence-electron chi connectivity index (χ3n) is 5.22. The van der Waals surface area contributed by atoms with Crippen molar-refractivity contribution in [2.75, 3.05) is 46.4 Å². The second-order valence-electron chi connectivity index (χ2n) is 7.47. The number of likely N-dealkylation sites (N-methyl/N-ethyl adjacent to an activating group) is 1. The van der Waals surface area contributed by atoms with E-state index in [0.717, 1.165) is 50.6 Å². The molecule has 1 saturated heterocycles. The summed E-state index contributed by atoms with van der Waals surface area (Å²) >= 11 is 0. The SMILES string of the molecule is CN(CC(=O)N1CCN(CC2CC2)[C@@H](CCO)C1)Cc1ccncc1. The maximum atomic E-state index is 12.7. The van der Waals surface area contributed by atoms with Gasteiger partial charge < -0.3 is 10.0 Å². The number of nitrogens with zero attached hydrogens (tertiary/aromatic N) is 4. The molecule has 0 bridgehead atoms. The van der Waals surface area contributed by atoms with Crippen LogP contribution in [0.2, 0.25) is 0 Å². The Kier molecular flexibility index (Phi) is 6.39. The zero-order valence-corrected chi connectivity index (χ0v) is 15.2. The van der Waals surface area contributed by atoms with Crippen LogP contribution in [0.25, 0.3) is 0 Å². The van der Waals surface area contributed by atoms with E-state index in [0.29, 0.717) is 12.6 Å². The van der Waals surface area contributed by atoms with Gasteiger partial charge in [0, 0.05) is 57.8 Å². The molecule has 1 aromatic rings. The molecule has 1 amide bonds. The summed E-state index contributed by atoms with van der Waals surface area (Å²) < 4.78 is 0. The Bertz CT molecular complexity index is 550. The highest BCUT2D eigenvalue weighted by atomic mass is 16.3. The van der Waals surface area contributed by atoms with Crippen LogP contribution in [0.3, 0.4) is 0 Å². The third kappa shape index (κ3) is 5.49. The normalized spacial score (nSPS) is 21.7. The summed E-state index contributed by atoms with van der Waals surface area (Å²) in [7, 11) is 1.98. The number of pyridine rings is 1. The number of rotatable bonds is 8. The van der Waals surface area contributed by atoms with Gasteiger partial charge in [0.05, 0.1) is 6.54 Å². The molecule has 25 heavy (non-hydrogen) atoms. The van der Waals surface area contributed by atoms with Crippen molar-refractivity contribution in [1.82, 2.24) is 19.7 Å². The lowest BCUT2D eigenvalue weighted by atomic mass is 10.1. The van der Waals surface area contributed by atoms with Crippen LogP contribution < -0.4 is 0 Å². The molecule has 0 aromatic carbocycles. The fourth-order valence-corrected chi connectivity index (χ4v) is 3.60. The van der Waals surface area contributed by atoms with Gasteiger partial charge in [-0.25, -0.2) is 0 Å². The van der Waals surface area contributed by atoms with Crippen molar-refractivity contribution in [2.24, 2.45) is 5.92 Å². The maximum absolute atomic E-state index is 12.7. The number of piperazine rings is 1. The third-order valence-corrected chi connectivity index (χ3v) is 5.22. The molecule has 0 spiro atoms. The average Bonchev–Trinajstić information content (AvgIpc) is 3.41. The summed E-state index contributed by atoms with van der Waals surface area (Å²) in [6.07, 6.45) is 6.99. The minimum absolute atomic E-state index is 0.186. The number of aliphatic hydroxyl groups excluding tert-OH is 1. The first kappa shape index (κ1) is 18.3. The molecule has 1 saturated carbocycles. The summed E-state index contributed by atoms with van der Waals surface area (Å²) in [5, 5.41) is 9.38. The molecular weight excluding hydrogens is 316 g/mol. The predicted octanol–water partition coefficient (Wildman–Crippen LogP) is 0.819. The Morgan fingerprint density at radius 1 is 1.32 bits per heavy atom. The lowest BCUT2D eigenvalue weighted by Gasteiger charge is -2.42. The van der Waals surface area contributed by atoms with E-state index >= 15 is 0 Å². The Balaban J connectivity index is 1.49. The largest absolute Gasteiger partial charge is 0.396 e. The molecule has 3 rings (SSSR count). The van der Waals surface area contributed by atoms with Crippen molar-refractivity contribution in [3.05, 3.63) is 30.1 Å². The highest BCUT2D eigenvalue weighted by Gasteiger charge is 2.33. The van der Waals surface area contributed by atoms with Crippen LogP contribution in [0.5, 0.6) is 0 Å². The van der Waals surface area contributed by atoms with Gasteiger partial charge in [-0.05, 0) is 49.9 Å². The summed E-state index contributed by atoms with van der Waals surface area (Å²) in [5.74, 6) is 1.03. The molecule has 138 valence electrons. The number of hydrogen-bond acceptors (Lipinski definition) is 5. The minimum atomic E-state index is 0.186. The van der Waals surface area contributed by atoms with Crippen molar-refractivity contribution in [3.8, 4) is 0 Å². The van der Waals surface area contributed by atoms with Crippen LogP contribution in [0.4, 0.5) is 0 Å². The second-order valence-corrected chi connectivity index (χ2v) is 7.47. The molecule has 0 unspecified atom stereocenters. The standard InChI is InChI=1S/C19H30N4O2/c1-21(12-17-4-7-20-8-5-17)15-19(25)23-10-9-22(13-16-2-3-16)18(14-23)6-11-24/h4-5,7-8,16,18,24H,2-3,6,9-15H2,1H3/t18-/m0/s1. The number of carbonyl (C=O) groups is 1. The Morgan fingerprint density at radius 3 is 2.76 bits per heavy atom. The summed E-state index contributed by atoms with van der Waals surface area (Å²) in [6, 6.07) is 4.26. The molecule has 2 fully saturated rings. The van der Waals surface area contributed by atoms with Gasteiger partial charge >= 0.3 is 0 Å². The highest BCUT2D eigenvalue weighted by molar-refractivity contribution is 5.78. The molecule has 2 heterocycles. The first-order chi connectivity index (χ1) is 12.2. The summed E-state index contributed by atoms with van der Waals surface area (Å²) in [6.45, 7) is 4.98. The van der Waals surface area contributed by atoms with Gasteiger partial charge in [-0.3, -0.25) is 19.6 Å². The molecule has 2 aliphatic rings. The van der Waals surface area contributed by atoms with Crippen molar-refractivity contribution in [3.63, 3.8) is 0 Å². The molecule has 0 radical (unpaired) electrons. The summed E-state index contributed by atoms with van der Waals surface area (Å²) in [4.78, 5) is 23.2. The van der Waals surface area contributed by atoms with E-state index in [1.165, 1.54) is 12.8 Å². The molecule has 1 aliphatic carbocycles. The van der Waals surface area contributed by atoms with Crippen LogP contribution in [-0.4, -0.2) is 83.1 Å². The van der Waals surface area contributed by atoms with Crippen molar-refractivity contribution < 1.29 is 9.90 Å². The fraction of sp³-hybridized carbons (Fsp3) is 0.684. The van der Waals surface area contributed by atoms with Gasteiger partial charge in [0.25, 0.3) is 0 Å². The van der Waals surface area contributed by atoms with E-state index < -0.39 is 0 Å². The monoisotopic (exact) mass is 346 g/mol. The van der Waals surface area contributed by atoms with Crippen molar-refractivity contribution in [1.29, 1.82) is 0 Å². The van der Waals surface area contributed by atoms with E-state index in [4.69, 9.17) is 0 Å². The smallest absolute Gasteiger partial charge is 0.236 e. The Labute approximate surface area is 150 Å². The van der Waals surface area contributed by atoms with Crippen LogP contribution in [0.1, 0.15) is 24.8 Å².